The standard InChI is InChI=1S/4C21H28P.2FH.2Zr/c4*1-3-11-19(12-4-1)22(20-13-5-2-6-14-20)21-15-17-9-7-8-10-18(17)16-21;;;;/h4*7-10,15-16,19-20H,1-6,11-14H2;2*1H;;/q4*-1;;;2*+2/p-2. The molecule has 92 heavy (non-hydrogen) atoms. The molecule has 0 amide bonds. The Hall–Kier alpha value is -1.33. The Morgan fingerprint density at radius 1 is 0.207 bits per heavy atom. The van der Waals surface area contributed by atoms with Gasteiger partial charge >= 0.3 is 52.4 Å². The molecule has 8 aromatic carbocycles. The summed E-state index contributed by atoms with van der Waals surface area (Å²) in [4.78, 5) is 0. The van der Waals surface area contributed by atoms with Crippen molar-refractivity contribution in [1.82, 2.24) is 0 Å². The predicted octanol–water partition coefficient (Wildman–Crippen LogP) is 19.3. The van der Waals surface area contributed by atoms with Gasteiger partial charge in [0.2, 0.25) is 0 Å². The zero-order chi connectivity index (χ0) is 59.1. The van der Waals surface area contributed by atoms with Gasteiger partial charge in [-0.25, -0.2) is 0 Å². The topological polar surface area (TPSA) is 0 Å². The van der Waals surface area contributed by atoms with Gasteiger partial charge in [-0.15, -0.1) is 161 Å². The third-order valence-corrected chi connectivity index (χ3v) is 37.2. The van der Waals surface area contributed by atoms with Crippen LogP contribution in [0.2, 0.25) is 0 Å². The van der Waals surface area contributed by atoms with Crippen LogP contribution in [0.25, 0.3) is 43.1 Å². The number of rotatable bonds is 12. The van der Waals surface area contributed by atoms with E-state index in [0.717, 1.165) is 45.3 Å². The second kappa shape index (κ2) is 38.9. The van der Waals surface area contributed by atoms with Crippen molar-refractivity contribution in [3.05, 3.63) is 146 Å². The number of benzene rings is 4. The van der Waals surface area contributed by atoms with Crippen LogP contribution in [0.15, 0.2) is 146 Å². The fourth-order valence-corrected chi connectivity index (χ4v) is 34.3. The first-order chi connectivity index (χ1) is 43.7. The molecule has 0 heterocycles. The first-order valence-electron chi connectivity index (χ1n) is 37.4. The summed E-state index contributed by atoms with van der Waals surface area (Å²) in [6, 6.07) is 56.3. The van der Waals surface area contributed by atoms with Crippen molar-refractivity contribution in [3.8, 4) is 0 Å². The van der Waals surface area contributed by atoms with E-state index in [-0.39, 0.29) is 93.5 Å². The Morgan fingerprint density at radius 3 is 0.489 bits per heavy atom. The van der Waals surface area contributed by atoms with Crippen LogP contribution in [-0.4, -0.2) is 45.3 Å². The molecule has 0 N–H and O–H groups in total. The first-order valence-corrected chi connectivity index (χ1v) is 43.3. The van der Waals surface area contributed by atoms with E-state index >= 15 is 0 Å². The van der Waals surface area contributed by atoms with E-state index in [1.807, 2.05) is 0 Å². The van der Waals surface area contributed by atoms with Crippen molar-refractivity contribution in [2.45, 2.75) is 302 Å². The first kappa shape index (κ1) is 74.9. The maximum Gasteiger partial charge on any atom is 2.00 e. The summed E-state index contributed by atoms with van der Waals surface area (Å²) < 4.78 is 0. The summed E-state index contributed by atoms with van der Waals surface area (Å²) in [6.07, 6.45) is 59.6. The van der Waals surface area contributed by atoms with Crippen LogP contribution in [0.1, 0.15) is 257 Å². The van der Waals surface area contributed by atoms with Crippen molar-refractivity contribution >= 4 is 96.0 Å². The van der Waals surface area contributed by atoms with Crippen molar-refractivity contribution in [2.75, 3.05) is 0 Å². The Bertz CT molecular complexity index is 2660. The van der Waals surface area contributed by atoms with Crippen LogP contribution in [0.3, 0.4) is 0 Å². The summed E-state index contributed by atoms with van der Waals surface area (Å²) in [7, 11) is 0.244. The molecule has 8 aliphatic carbocycles. The molecule has 0 spiro atoms. The van der Waals surface area contributed by atoms with Crippen LogP contribution < -0.4 is 30.6 Å². The van der Waals surface area contributed by atoms with Gasteiger partial charge in [-0.05, 0) is 148 Å². The van der Waals surface area contributed by atoms with E-state index in [1.54, 1.807) is 21.2 Å². The van der Waals surface area contributed by atoms with Gasteiger partial charge in [-0.1, -0.05) is 210 Å². The summed E-state index contributed by atoms with van der Waals surface area (Å²) in [5.74, 6) is 0. The predicted molar refractivity (Wildman–Crippen MR) is 399 cm³/mol. The van der Waals surface area contributed by atoms with E-state index in [4.69, 9.17) is 0 Å². The third kappa shape index (κ3) is 19.6. The number of hydrogen-bond acceptors (Lipinski definition) is 0. The smallest absolute Gasteiger partial charge is 1.00 e. The molecule has 0 aromatic heterocycles. The van der Waals surface area contributed by atoms with E-state index in [0.29, 0.717) is 0 Å². The van der Waals surface area contributed by atoms with Crippen LogP contribution in [0, 0.1) is 0 Å². The van der Waals surface area contributed by atoms with Gasteiger partial charge < -0.3 is 9.41 Å². The largest absolute Gasteiger partial charge is 2.00 e. The molecular formula is C84H112F2P4Zr2-2. The molecular weight excluding hydrogens is 1350 g/mol. The van der Waals surface area contributed by atoms with Crippen LogP contribution in [0.4, 0.5) is 0 Å². The number of hydrogen-bond donors (Lipinski definition) is 0. The molecule has 0 saturated heterocycles. The Labute approximate surface area is 600 Å². The van der Waals surface area contributed by atoms with Gasteiger partial charge in [0.25, 0.3) is 0 Å². The van der Waals surface area contributed by atoms with Crippen molar-refractivity contribution in [2.24, 2.45) is 0 Å². The van der Waals surface area contributed by atoms with Crippen LogP contribution in [0.5, 0.6) is 0 Å². The zero-order valence-corrected chi connectivity index (χ0v) is 64.8. The molecule has 16 rings (SSSR count). The monoisotopic (exact) mass is 1460 g/mol. The van der Waals surface area contributed by atoms with Crippen molar-refractivity contribution in [1.29, 1.82) is 0 Å². The Balaban J connectivity index is 0.000000143. The zero-order valence-electron chi connectivity index (χ0n) is 56.3. The normalized spacial score (nSPS) is 20.7. The maximum atomic E-state index is 2.55. The molecule has 492 valence electrons. The molecule has 0 aliphatic heterocycles. The molecule has 0 bridgehead atoms. The molecule has 8 saturated carbocycles. The van der Waals surface area contributed by atoms with Crippen LogP contribution >= 0.6 is 31.7 Å². The molecule has 8 aliphatic rings. The quantitative estimate of drug-likeness (QED) is 0.0845. The minimum Gasteiger partial charge on any atom is -1.00 e. The van der Waals surface area contributed by atoms with Gasteiger partial charge in [0.15, 0.2) is 0 Å². The Morgan fingerprint density at radius 2 is 0.348 bits per heavy atom. The minimum atomic E-state index is 0. The molecule has 8 heteroatoms. The van der Waals surface area contributed by atoms with Gasteiger partial charge in [0.05, 0.1) is 0 Å². The summed E-state index contributed by atoms with van der Waals surface area (Å²) in [5.41, 5.74) is 8.14. The molecule has 0 nitrogen and oxygen atoms in total. The molecule has 8 aromatic rings. The summed E-state index contributed by atoms with van der Waals surface area (Å²) in [6.45, 7) is 0. The summed E-state index contributed by atoms with van der Waals surface area (Å²) in [5, 5.41) is 18.7. The van der Waals surface area contributed by atoms with Gasteiger partial charge in [-0.3, -0.25) is 0 Å². The van der Waals surface area contributed by atoms with E-state index < -0.39 is 0 Å². The van der Waals surface area contributed by atoms with Crippen LogP contribution in [-0.2, 0) is 52.4 Å². The molecule has 8 fully saturated rings. The average molecular weight is 1470 g/mol. The number of halogens is 2. The minimum absolute atomic E-state index is 0. The van der Waals surface area contributed by atoms with E-state index in [9.17, 15) is 0 Å². The Kier molecular flexibility index (Phi) is 31.6. The van der Waals surface area contributed by atoms with Gasteiger partial charge in [-0.2, -0.15) is 24.3 Å². The van der Waals surface area contributed by atoms with E-state index in [2.05, 4.69) is 146 Å². The van der Waals surface area contributed by atoms with Gasteiger partial charge in [0.1, 0.15) is 0 Å². The van der Waals surface area contributed by atoms with Crippen molar-refractivity contribution < 1.29 is 61.8 Å². The fourth-order valence-electron chi connectivity index (χ4n) is 18.9. The second-order valence-corrected chi connectivity index (χ2v) is 40.5. The second-order valence-electron chi connectivity index (χ2n) is 29.3. The van der Waals surface area contributed by atoms with E-state index in [1.165, 1.54) is 300 Å². The van der Waals surface area contributed by atoms with Gasteiger partial charge in [0, 0.05) is 0 Å². The summed E-state index contributed by atoms with van der Waals surface area (Å²) >= 11 is 0. The molecule has 0 radical (unpaired) electrons. The molecule has 0 unspecified atom stereocenters. The van der Waals surface area contributed by atoms with Crippen molar-refractivity contribution in [3.63, 3.8) is 0 Å². The fraction of sp³-hybridized carbons (Fsp3) is 0.571. The maximum absolute atomic E-state index is 2.55. The number of fused-ring (bicyclic) bond motifs is 4. The average Bonchev–Trinajstić information content (AvgIpc) is 1.88. The third-order valence-electron chi connectivity index (χ3n) is 23.3. The molecule has 0 atom stereocenters. The SMILES string of the molecule is [F-].[F-].[Zr+2].[Zr+2].c1ccc2[cH-]c(P(C3CCCCC3)C3CCCCC3)cc2c1.c1ccc2[cH-]c(P(C3CCCCC3)C3CCCCC3)cc2c1.c1ccc2[cH-]c(P(C3CCCCC3)C3CCCCC3)cc2c1.c1ccc2[cH-]c(P(C3CCCCC3)C3CCCCC3)cc2c1.